The Bertz CT molecular complexity index is 1430. The molecule has 1 amide bonds. The molecule has 0 saturated heterocycles. The Hall–Kier alpha value is -3.99. The second-order valence-corrected chi connectivity index (χ2v) is 10.2. The standard InChI is InChI=1S/C28H26N2O8/c1-30(2)21-20-23(33)17-14(11-12-7-4-3-5-8-12)13-9-6-10-15(31)16(13)22(32)18(17)25(35)28(20,38)26(36)19(24(21)34)27(29)37/h3-11,17-21,23,31,33,38H,1-2H3,(H2,29,37). The molecule has 7 unspecified atom stereocenters. The molecule has 2 aromatic rings. The Labute approximate surface area is 217 Å². The zero-order chi connectivity index (χ0) is 27.7. The van der Waals surface area contributed by atoms with E-state index in [4.69, 9.17) is 5.73 Å². The number of phenolic OH excluding ortho intramolecular Hbond substituents is 1. The highest BCUT2D eigenvalue weighted by Gasteiger charge is 2.72. The van der Waals surface area contributed by atoms with Gasteiger partial charge in [-0.05, 0) is 36.9 Å². The summed E-state index contributed by atoms with van der Waals surface area (Å²) in [6, 6.07) is 11.8. The van der Waals surface area contributed by atoms with E-state index in [2.05, 4.69) is 0 Å². The van der Waals surface area contributed by atoms with Gasteiger partial charge in [-0.3, -0.25) is 28.9 Å². The maximum Gasteiger partial charge on any atom is 0.235 e. The number of aromatic hydroxyl groups is 1. The van der Waals surface area contributed by atoms with Gasteiger partial charge in [-0.1, -0.05) is 48.5 Å². The number of hydrogen-bond acceptors (Lipinski definition) is 9. The molecule has 2 aromatic carbocycles. The quantitative estimate of drug-likeness (QED) is 0.402. The molecule has 0 heterocycles. The van der Waals surface area contributed by atoms with Crippen molar-refractivity contribution in [1.29, 1.82) is 0 Å². The van der Waals surface area contributed by atoms with Crippen molar-refractivity contribution in [2.24, 2.45) is 29.4 Å². The number of nitrogens with zero attached hydrogens (tertiary/aromatic N) is 1. The number of aliphatic hydroxyl groups excluding tert-OH is 1. The van der Waals surface area contributed by atoms with Crippen molar-refractivity contribution in [2.45, 2.75) is 17.7 Å². The van der Waals surface area contributed by atoms with Crippen molar-refractivity contribution in [3.05, 3.63) is 65.2 Å². The molecular weight excluding hydrogens is 492 g/mol. The summed E-state index contributed by atoms with van der Waals surface area (Å²) >= 11 is 0. The molecule has 38 heavy (non-hydrogen) atoms. The van der Waals surface area contributed by atoms with Gasteiger partial charge in [0.05, 0.1) is 29.5 Å². The van der Waals surface area contributed by atoms with Gasteiger partial charge in [0.2, 0.25) is 5.91 Å². The lowest BCUT2D eigenvalue weighted by atomic mass is 9.50. The van der Waals surface area contributed by atoms with Crippen LogP contribution in [0, 0.1) is 23.7 Å². The Morgan fingerprint density at radius 1 is 1.00 bits per heavy atom. The van der Waals surface area contributed by atoms with E-state index in [1.807, 2.05) is 0 Å². The van der Waals surface area contributed by atoms with E-state index in [0.717, 1.165) is 0 Å². The molecule has 2 fully saturated rings. The number of primary amides is 1. The predicted octanol–water partition coefficient (Wildman–Crippen LogP) is -0.164. The number of phenols is 1. The van der Waals surface area contributed by atoms with Crippen molar-refractivity contribution < 1.29 is 39.3 Å². The van der Waals surface area contributed by atoms with E-state index in [9.17, 15) is 39.3 Å². The van der Waals surface area contributed by atoms with Crippen LogP contribution in [0.2, 0.25) is 0 Å². The zero-order valence-electron chi connectivity index (χ0n) is 20.6. The molecule has 0 bridgehead atoms. The number of carbonyl (C=O) groups is 5. The van der Waals surface area contributed by atoms with Gasteiger partial charge in [0.15, 0.2) is 34.7 Å². The van der Waals surface area contributed by atoms with E-state index >= 15 is 0 Å². The minimum absolute atomic E-state index is 0.187. The summed E-state index contributed by atoms with van der Waals surface area (Å²) in [5.74, 6) is -13.1. The summed E-state index contributed by atoms with van der Waals surface area (Å²) in [6.07, 6.45) is -0.0849. The van der Waals surface area contributed by atoms with Crippen molar-refractivity contribution in [1.82, 2.24) is 4.90 Å². The van der Waals surface area contributed by atoms with Gasteiger partial charge >= 0.3 is 0 Å². The van der Waals surface area contributed by atoms with Crippen LogP contribution in [0.1, 0.15) is 21.5 Å². The molecular formula is C28H26N2O8. The molecule has 3 aliphatic rings. The minimum Gasteiger partial charge on any atom is -0.507 e. The molecule has 5 N–H and O–H groups in total. The van der Waals surface area contributed by atoms with Gasteiger partial charge in [-0.2, -0.15) is 0 Å². The van der Waals surface area contributed by atoms with Gasteiger partial charge in [-0.15, -0.1) is 0 Å². The average molecular weight is 519 g/mol. The summed E-state index contributed by atoms with van der Waals surface area (Å²) in [6.45, 7) is 0. The molecule has 0 aromatic heterocycles. The zero-order valence-corrected chi connectivity index (χ0v) is 20.6. The molecule has 10 nitrogen and oxygen atoms in total. The SMILES string of the molecule is CN(C)C1C(=O)C(C(N)=O)C(=O)C2(O)C(=O)C3C(=O)c4c(O)cccc4C(=Cc4ccccc4)C3C(O)C12. The molecule has 0 aliphatic heterocycles. The van der Waals surface area contributed by atoms with Crippen LogP contribution in [-0.2, 0) is 19.2 Å². The monoisotopic (exact) mass is 518 g/mol. The molecule has 2 saturated carbocycles. The van der Waals surface area contributed by atoms with Crippen molar-refractivity contribution in [2.75, 3.05) is 14.1 Å². The number of rotatable bonds is 3. The van der Waals surface area contributed by atoms with Gasteiger partial charge in [0.25, 0.3) is 0 Å². The van der Waals surface area contributed by atoms with E-state index in [0.29, 0.717) is 11.1 Å². The highest BCUT2D eigenvalue weighted by atomic mass is 16.3. The lowest BCUT2D eigenvalue weighted by Gasteiger charge is -2.55. The first-order valence-electron chi connectivity index (χ1n) is 12.0. The van der Waals surface area contributed by atoms with Gasteiger partial charge in [-0.25, -0.2) is 0 Å². The summed E-state index contributed by atoms with van der Waals surface area (Å²) < 4.78 is 0. The molecule has 196 valence electrons. The number of aliphatic hydroxyl groups is 2. The molecule has 0 radical (unpaired) electrons. The third-order valence-corrected chi connectivity index (χ3v) is 7.99. The summed E-state index contributed by atoms with van der Waals surface area (Å²) in [5.41, 5.74) is 3.37. The van der Waals surface area contributed by atoms with Crippen LogP contribution in [-0.4, -0.2) is 81.1 Å². The number of nitrogens with two attached hydrogens (primary N) is 1. The van der Waals surface area contributed by atoms with Crippen LogP contribution in [0.3, 0.4) is 0 Å². The molecule has 5 rings (SSSR count). The first-order valence-corrected chi connectivity index (χ1v) is 12.0. The van der Waals surface area contributed by atoms with Gasteiger partial charge < -0.3 is 21.1 Å². The van der Waals surface area contributed by atoms with Crippen LogP contribution >= 0.6 is 0 Å². The van der Waals surface area contributed by atoms with Crippen molar-refractivity contribution >= 4 is 40.7 Å². The van der Waals surface area contributed by atoms with Crippen LogP contribution in [0.4, 0.5) is 0 Å². The summed E-state index contributed by atoms with van der Waals surface area (Å²) in [7, 11) is 2.89. The second-order valence-electron chi connectivity index (χ2n) is 10.2. The Morgan fingerprint density at radius 2 is 1.66 bits per heavy atom. The Kier molecular flexibility index (Phi) is 5.94. The molecule has 7 atom stereocenters. The van der Waals surface area contributed by atoms with Gasteiger partial charge in [0.1, 0.15) is 5.75 Å². The van der Waals surface area contributed by atoms with E-state index in [1.165, 1.54) is 31.1 Å². The number of likely N-dealkylation sites (N-methyl/N-ethyl adjacent to an activating group) is 1. The summed E-state index contributed by atoms with van der Waals surface area (Å²) in [5, 5.41) is 34.1. The highest BCUT2D eigenvalue weighted by Crippen LogP contribution is 2.54. The Balaban J connectivity index is 1.80. The number of fused-ring (bicyclic) bond motifs is 3. The third kappa shape index (κ3) is 3.34. The molecule has 0 spiro atoms. The van der Waals surface area contributed by atoms with Crippen LogP contribution in [0.5, 0.6) is 5.75 Å². The van der Waals surface area contributed by atoms with Crippen LogP contribution in [0.15, 0.2) is 48.5 Å². The number of ketones is 4. The third-order valence-electron chi connectivity index (χ3n) is 7.99. The predicted molar refractivity (Wildman–Crippen MR) is 133 cm³/mol. The normalized spacial score (nSPS) is 33.7. The molecule has 3 aliphatic carbocycles. The largest absolute Gasteiger partial charge is 0.507 e. The van der Waals surface area contributed by atoms with E-state index in [-0.39, 0.29) is 11.1 Å². The van der Waals surface area contributed by atoms with Crippen molar-refractivity contribution in [3.63, 3.8) is 0 Å². The lowest BCUT2D eigenvalue weighted by molar-refractivity contribution is -0.192. The number of benzene rings is 2. The highest BCUT2D eigenvalue weighted by molar-refractivity contribution is 6.33. The number of carbonyl (C=O) groups excluding carboxylic acids is 5. The molecule has 10 heteroatoms. The number of hydrogen-bond donors (Lipinski definition) is 4. The topological polar surface area (TPSA) is 175 Å². The maximum atomic E-state index is 14.1. The fourth-order valence-electron chi connectivity index (χ4n) is 6.40. The number of Topliss-reactive ketones (excluding diaryl/α,β-unsaturated/α-hetero) is 4. The van der Waals surface area contributed by atoms with E-state index < -0.39 is 76.2 Å². The van der Waals surface area contributed by atoms with Crippen molar-refractivity contribution in [3.8, 4) is 5.75 Å². The van der Waals surface area contributed by atoms with Crippen LogP contribution in [0.25, 0.3) is 11.6 Å². The van der Waals surface area contributed by atoms with E-state index in [1.54, 1.807) is 42.5 Å². The maximum absolute atomic E-state index is 14.1. The van der Waals surface area contributed by atoms with Gasteiger partial charge in [0, 0.05) is 5.92 Å². The number of amides is 1. The fourth-order valence-corrected chi connectivity index (χ4v) is 6.40. The fraction of sp³-hybridized carbons (Fsp3) is 0.321. The smallest absolute Gasteiger partial charge is 0.235 e. The second kappa shape index (κ2) is 8.80. The minimum atomic E-state index is -3.04. The average Bonchev–Trinajstić information content (AvgIpc) is 2.86. The summed E-state index contributed by atoms with van der Waals surface area (Å²) in [4.78, 5) is 67.9. The first kappa shape index (κ1) is 25.7. The Morgan fingerprint density at radius 3 is 2.26 bits per heavy atom. The first-order chi connectivity index (χ1) is 17.9. The van der Waals surface area contributed by atoms with Crippen LogP contribution < -0.4 is 5.73 Å². The lowest BCUT2D eigenvalue weighted by Crippen LogP contribution is -2.77.